The molecule has 0 bridgehead atoms. The van der Waals surface area contributed by atoms with Crippen molar-refractivity contribution in [3.05, 3.63) is 59.1 Å². The summed E-state index contributed by atoms with van der Waals surface area (Å²) in [7, 11) is 1.83. The van der Waals surface area contributed by atoms with Gasteiger partial charge in [-0.25, -0.2) is 0 Å². The van der Waals surface area contributed by atoms with Gasteiger partial charge < -0.3 is 15.5 Å². The summed E-state index contributed by atoms with van der Waals surface area (Å²) in [6.07, 6.45) is 2.88. The van der Waals surface area contributed by atoms with Crippen molar-refractivity contribution in [1.82, 2.24) is 15.5 Å². The van der Waals surface area contributed by atoms with Crippen LogP contribution >= 0.6 is 11.8 Å². The molecule has 2 aliphatic heterocycles. The van der Waals surface area contributed by atoms with Crippen LogP contribution in [0.1, 0.15) is 23.6 Å². The van der Waals surface area contributed by atoms with Crippen molar-refractivity contribution in [3.63, 3.8) is 0 Å². The van der Waals surface area contributed by atoms with Gasteiger partial charge in [-0.3, -0.25) is 0 Å². The Bertz CT molecular complexity index is 684. The van der Waals surface area contributed by atoms with E-state index in [2.05, 4.69) is 21.8 Å². The molecule has 136 valence electrons. The third kappa shape index (κ3) is 3.92. The standard InChI is InChI=1S/C18H22F3N3S/c1-22-17-16(24-9-8-14(11-24)25-2)7-6-15(23-17)12-4-3-5-13(10-12)18(19,20)21/h3-7,10,14-15,22-23H,8-9,11H2,1-2H3. The van der Waals surface area contributed by atoms with Gasteiger partial charge in [-0.2, -0.15) is 24.9 Å². The largest absolute Gasteiger partial charge is 0.416 e. The van der Waals surface area contributed by atoms with Crippen LogP contribution in [-0.4, -0.2) is 36.5 Å². The Morgan fingerprint density at radius 3 is 2.76 bits per heavy atom. The van der Waals surface area contributed by atoms with Gasteiger partial charge in [-0.05, 0) is 36.4 Å². The number of nitrogens with one attached hydrogen (secondary N) is 2. The van der Waals surface area contributed by atoms with Crippen molar-refractivity contribution in [2.24, 2.45) is 0 Å². The molecule has 7 heteroatoms. The van der Waals surface area contributed by atoms with E-state index in [1.165, 1.54) is 12.1 Å². The van der Waals surface area contributed by atoms with E-state index in [0.717, 1.165) is 37.1 Å². The van der Waals surface area contributed by atoms with E-state index < -0.39 is 11.7 Å². The zero-order valence-corrected chi connectivity index (χ0v) is 15.0. The first kappa shape index (κ1) is 18.0. The molecular weight excluding hydrogens is 347 g/mol. The van der Waals surface area contributed by atoms with E-state index >= 15 is 0 Å². The summed E-state index contributed by atoms with van der Waals surface area (Å²) in [6.45, 7) is 1.98. The molecule has 2 unspecified atom stereocenters. The second kappa shape index (κ2) is 7.23. The maximum absolute atomic E-state index is 12.9. The number of dihydropyridines is 1. The van der Waals surface area contributed by atoms with E-state index in [4.69, 9.17) is 0 Å². The fraction of sp³-hybridized carbons (Fsp3) is 0.444. The maximum Gasteiger partial charge on any atom is 0.416 e. The molecule has 1 saturated heterocycles. The van der Waals surface area contributed by atoms with Crippen molar-refractivity contribution in [2.75, 3.05) is 26.4 Å². The van der Waals surface area contributed by atoms with Crippen LogP contribution in [0.4, 0.5) is 13.2 Å². The Kier molecular flexibility index (Phi) is 5.22. The summed E-state index contributed by atoms with van der Waals surface area (Å²) in [6, 6.07) is 5.19. The molecule has 3 nitrogen and oxygen atoms in total. The molecule has 25 heavy (non-hydrogen) atoms. The van der Waals surface area contributed by atoms with Crippen molar-refractivity contribution in [1.29, 1.82) is 0 Å². The predicted molar refractivity (Wildman–Crippen MR) is 96.0 cm³/mol. The number of nitrogens with zero attached hydrogens (tertiary/aromatic N) is 1. The average Bonchev–Trinajstić information content (AvgIpc) is 3.09. The summed E-state index contributed by atoms with van der Waals surface area (Å²) >= 11 is 1.87. The fourth-order valence-corrected chi connectivity index (χ4v) is 3.92. The molecule has 2 N–H and O–H groups in total. The molecule has 2 aliphatic rings. The molecule has 3 rings (SSSR count). The lowest BCUT2D eigenvalue weighted by Gasteiger charge is -2.30. The molecule has 2 heterocycles. The Balaban J connectivity index is 1.80. The van der Waals surface area contributed by atoms with E-state index in [-0.39, 0.29) is 6.04 Å². The molecule has 0 radical (unpaired) electrons. The zero-order chi connectivity index (χ0) is 18.0. The summed E-state index contributed by atoms with van der Waals surface area (Å²) < 4.78 is 38.8. The summed E-state index contributed by atoms with van der Waals surface area (Å²) in [4.78, 5) is 2.32. The van der Waals surface area contributed by atoms with Gasteiger partial charge in [0.25, 0.3) is 0 Å². The van der Waals surface area contributed by atoms with Crippen LogP contribution < -0.4 is 10.6 Å². The monoisotopic (exact) mass is 369 g/mol. The normalized spacial score (nSPS) is 23.8. The quantitative estimate of drug-likeness (QED) is 0.846. The fourth-order valence-electron chi connectivity index (χ4n) is 3.25. The van der Waals surface area contributed by atoms with Gasteiger partial charge in [-0.1, -0.05) is 18.2 Å². The molecule has 0 aromatic heterocycles. The van der Waals surface area contributed by atoms with Crippen molar-refractivity contribution in [2.45, 2.75) is 23.9 Å². The van der Waals surface area contributed by atoms with Crippen molar-refractivity contribution >= 4 is 11.8 Å². The van der Waals surface area contributed by atoms with Gasteiger partial charge >= 0.3 is 6.18 Å². The lowest BCUT2D eigenvalue weighted by atomic mass is 10.0. The molecule has 0 spiro atoms. The number of alkyl halides is 3. The molecule has 0 aliphatic carbocycles. The minimum atomic E-state index is -4.33. The number of hydrogen-bond donors (Lipinski definition) is 2. The molecule has 0 saturated carbocycles. The second-order valence-electron chi connectivity index (χ2n) is 6.21. The number of likely N-dealkylation sites (tertiary alicyclic amines) is 1. The van der Waals surface area contributed by atoms with Gasteiger partial charge in [-0.15, -0.1) is 0 Å². The van der Waals surface area contributed by atoms with Gasteiger partial charge in [0.2, 0.25) is 0 Å². The highest BCUT2D eigenvalue weighted by Gasteiger charge is 2.31. The maximum atomic E-state index is 12.9. The highest BCUT2D eigenvalue weighted by Crippen LogP contribution is 2.33. The van der Waals surface area contributed by atoms with Crippen LogP contribution in [-0.2, 0) is 6.18 Å². The van der Waals surface area contributed by atoms with Crippen molar-refractivity contribution < 1.29 is 13.2 Å². The summed E-state index contributed by atoms with van der Waals surface area (Å²) in [5.41, 5.74) is 1.05. The van der Waals surface area contributed by atoms with E-state index in [1.807, 2.05) is 31.0 Å². The van der Waals surface area contributed by atoms with Crippen LogP contribution in [0.5, 0.6) is 0 Å². The summed E-state index contributed by atoms with van der Waals surface area (Å²) in [5, 5.41) is 7.10. The SMILES string of the molecule is CNC1=C(N2CCC(SC)C2)C=CC(c2cccc(C(F)(F)F)c2)N1. The Morgan fingerprint density at radius 2 is 2.12 bits per heavy atom. The number of halogens is 3. The highest BCUT2D eigenvalue weighted by atomic mass is 32.2. The van der Waals surface area contributed by atoms with Gasteiger partial charge in [0.1, 0.15) is 5.82 Å². The minimum Gasteiger partial charge on any atom is -0.373 e. The molecular formula is C18H22F3N3S. The first-order valence-corrected chi connectivity index (χ1v) is 9.53. The molecule has 0 amide bonds. The van der Waals surface area contributed by atoms with E-state index in [1.54, 1.807) is 6.07 Å². The van der Waals surface area contributed by atoms with E-state index in [0.29, 0.717) is 10.8 Å². The summed E-state index contributed by atoms with van der Waals surface area (Å²) in [5.74, 6) is 0.853. The smallest absolute Gasteiger partial charge is 0.373 e. The van der Waals surface area contributed by atoms with Crippen LogP contribution in [0.15, 0.2) is 47.9 Å². The molecule has 1 fully saturated rings. The van der Waals surface area contributed by atoms with Crippen LogP contribution in [0.3, 0.4) is 0 Å². The molecule has 1 aromatic rings. The average molecular weight is 369 g/mol. The number of rotatable bonds is 4. The number of allylic oxidation sites excluding steroid dienone is 1. The lowest BCUT2D eigenvalue weighted by molar-refractivity contribution is -0.137. The molecule has 1 aromatic carbocycles. The van der Waals surface area contributed by atoms with E-state index in [9.17, 15) is 13.2 Å². The Morgan fingerprint density at radius 1 is 1.32 bits per heavy atom. The third-order valence-electron chi connectivity index (χ3n) is 4.64. The topological polar surface area (TPSA) is 27.3 Å². The minimum absolute atomic E-state index is 0.285. The van der Waals surface area contributed by atoms with Crippen LogP contribution in [0.25, 0.3) is 0 Å². The van der Waals surface area contributed by atoms with Gasteiger partial charge in [0.05, 0.1) is 17.3 Å². The lowest BCUT2D eigenvalue weighted by Crippen LogP contribution is -2.35. The predicted octanol–water partition coefficient (Wildman–Crippen LogP) is 3.73. The first-order valence-electron chi connectivity index (χ1n) is 8.24. The van der Waals surface area contributed by atoms with Crippen LogP contribution in [0, 0.1) is 0 Å². The second-order valence-corrected chi connectivity index (χ2v) is 7.35. The number of thioether (sulfide) groups is 1. The third-order valence-corrected chi connectivity index (χ3v) is 5.70. The number of benzene rings is 1. The van der Waals surface area contributed by atoms with Crippen LogP contribution in [0.2, 0.25) is 0 Å². The Labute approximate surface area is 150 Å². The van der Waals surface area contributed by atoms with Gasteiger partial charge in [0.15, 0.2) is 0 Å². The number of hydrogen-bond acceptors (Lipinski definition) is 4. The molecule has 2 atom stereocenters. The zero-order valence-electron chi connectivity index (χ0n) is 14.2. The highest BCUT2D eigenvalue weighted by molar-refractivity contribution is 7.99. The first-order chi connectivity index (χ1) is 11.9. The van der Waals surface area contributed by atoms with Crippen molar-refractivity contribution in [3.8, 4) is 0 Å². The Hall–Kier alpha value is -1.76. The van der Waals surface area contributed by atoms with Gasteiger partial charge in [0, 0.05) is 25.4 Å².